The first-order chi connectivity index (χ1) is 26.3. The molecule has 12 atom stereocenters. The number of Topliss-reactive ketones (excluding diaryl/α,β-unsaturated/α-hetero) is 1. The van der Waals surface area contributed by atoms with Gasteiger partial charge in [-0.15, -0.1) is 0 Å². The highest BCUT2D eigenvalue weighted by Crippen LogP contribution is 2.64. The summed E-state index contributed by atoms with van der Waals surface area (Å²) in [7, 11) is 0. The summed E-state index contributed by atoms with van der Waals surface area (Å²) in [5.74, 6) is -6.15. The van der Waals surface area contributed by atoms with E-state index < -0.39 is 118 Å². The molecular weight excluding hydrogens is 746 g/mol. The number of alkyl carbamates (subject to hydrolysis) is 1. The zero-order valence-electron chi connectivity index (χ0n) is 34.5. The van der Waals surface area contributed by atoms with E-state index in [0.29, 0.717) is 12.8 Å². The molecule has 5 rings (SSSR count). The number of ether oxygens (including phenoxy) is 6. The largest absolute Gasteiger partial charge is 0.459 e. The summed E-state index contributed by atoms with van der Waals surface area (Å²) in [6.07, 6.45) is -6.67. The van der Waals surface area contributed by atoms with Crippen molar-refractivity contribution < 1.29 is 72.5 Å². The molecule has 2 saturated carbocycles. The molecule has 3 bridgehead atoms. The minimum absolute atomic E-state index is 0.0111. The molecule has 2 aliphatic heterocycles. The Kier molecular flexibility index (Phi) is 12.2. The number of aliphatic hydroxyl groups is 3. The number of carbonyl (C=O) groups excluding carboxylic acids is 6. The zero-order valence-corrected chi connectivity index (χ0v) is 34.5. The zero-order chi connectivity index (χ0) is 42.6. The van der Waals surface area contributed by atoms with E-state index in [-0.39, 0.29) is 42.9 Å². The quantitative estimate of drug-likeness (QED) is 0.183. The van der Waals surface area contributed by atoms with Crippen LogP contribution in [0.4, 0.5) is 4.79 Å². The van der Waals surface area contributed by atoms with Gasteiger partial charge in [-0.05, 0) is 70.9 Å². The Bertz CT molecular complexity index is 1710. The molecule has 16 heteroatoms. The second kappa shape index (κ2) is 15.7. The molecule has 3 fully saturated rings. The van der Waals surface area contributed by atoms with E-state index in [1.165, 1.54) is 13.8 Å². The van der Waals surface area contributed by atoms with Gasteiger partial charge in [0.2, 0.25) is 0 Å². The molecule has 0 aromatic heterocycles. The van der Waals surface area contributed by atoms with Crippen LogP contribution < -0.4 is 5.32 Å². The van der Waals surface area contributed by atoms with Crippen LogP contribution in [0.25, 0.3) is 0 Å². The predicted molar refractivity (Wildman–Crippen MR) is 199 cm³/mol. The number of hydrogen-bond donors (Lipinski definition) is 4. The molecule has 0 spiro atoms. The van der Waals surface area contributed by atoms with Crippen molar-refractivity contribution in [1.29, 1.82) is 0 Å². The smallest absolute Gasteiger partial charge is 0.407 e. The first-order valence-corrected chi connectivity index (χ1v) is 19.7. The third kappa shape index (κ3) is 7.98. The van der Waals surface area contributed by atoms with E-state index in [1.807, 2.05) is 6.92 Å². The normalized spacial score (nSPS) is 39.7. The third-order valence-electron chi connectivity index (χ3n) is 12.7. The molecule has 3 aliphatic carbocycles. The van der Waals surface area contributed by atoms with E-state index >= 15 is 4.79 Å². The van der Waals surface area contributed by atoms with Crippen molar-refractivity contribution in [2.24, 2.45) is 22.7 Å². The van der Waals surface area contributed by atoms with Gasteiger partial charge in [0, 0.05) is 38.5 Å². The van der Waals surface area contributed by atoms with Gasteiger partial charge in [-0.2, -0.15) is 0 Å². The van der Waals surface area contributed by atoms with Crippen molar-refractivity contribution >= 4 is 35.8 Å². The van der Waals surface area contributed by atoms with Crippen LogP contribution in [0.15, 0.2) is 23.3 Å². The number of rotatable bonds is 3. The van der Waals surface area contributed by atoms with Crippen molar-refractivity contribution in [1.82, 2.24) is 5.32 Å². The van der Waals surface area contributed by atoms with Crippen LogP contribution >= 0.6 is 0 Å². The number of hydrogen-bond acceptors (Lipinski definition) is 15. The van der Waals surface area contributed by atoms with Crippen molar-refractivity contribution in [3.63, 3.8) is 0 Å². The standard InChI is InChI=1S/C41H59NO15/c1-20-14-12-11-13-15-24(42-36(50)57-37(5,6)7)30(47)35(49)54-25-18-41(51)34(55-28(46)16-20)32-39(10,26(45)17-27-40(32,19-52-27)56-23(4)44)33(48)31(53-22(3)43)29(21(25)2)38(41,8)9/h11,13,20,24-27,30-32,34,45,47,51H,12,14-19H2,1-10H3,(H,42,50). The van der Waals surface area contributed by atoms with Gasteiger partial charge in [-0.25, -0.2) is 9.59 Å². The summed E-state index contributed by atoms with van der Waals surface area (Å²) in [5, 5.41) is 39.5. The molecule has 0 radical (unpaired) electrons. The van der Waals surface area contributed by atoms with E-state index in [2.05, 4.69) is 5.32 Å². The Balaban J connectivity index is 1.76. The molecule has 1 amide bonds. The highest BCUT2D eigenvalue weighted by Gasteiger charge is 2.78. The molecule has 4 N–H and O–H groups in total. The Morgan fingerprint density at radius 3 is 2.25 bits per heavy atom. The molecule has 0 aromatic carbocycles. The van der Waals surface area contributed by atoms with Gasteiger partial charge >= 0.3 is 30.0 Å². The number of amides is 1. The maximum Gasteiger partial charge on any atom is 0.407 e. The maximum atomic E-state index is 15.3. The van der Waals surface area contributed by atoms with E-state index in [1.54, 1.807) is 46.8 Å². The SMILES string of the molecule is CC(=O)OC1C(=O)C2(C)C(O)CC3OCC3(OC(C)=O)C2C2OC(=O)CC(C)CCC=CCC(NC(=O)OC(C)(C)C)C(O)C(=O)OC3CC2(O)C(C)(C)C1=C3C. The Hall–Kier alpha value is -3.86. The first kappa shape index (κ1) is 44.2. The highest BCUT2D eigenvalue weighted by atomic mass is 16.6. The second-order valence-electron chi connectivity index (χ2n) is 18.2. The number of carbonyl (C=O) groups is 6. The van der Waals surface area contributed by atoms with E-state index in [0.717, 1.165) is 13.8 Å². The van der Waals surface area contributed by atoms with Gasteiger partial charge < -0.3 is 49.1 Å². The summed E-state index contributed by atoms with van der Waals surface area (Å²) >= 11 is 0. The molecule has 5 aliphatic rings. The number of esters is 4. The molecule has 2 heterocycles. The summed E-state index contributed by atoms with van der Waals surface area (Å²) in [6.45, 7) is 14.9. The molecule has 318 valence electrons. The van der Waals surface area contributed by atoms with Crippen LogP contribution in [-0.4, -0.2) is 117 Å². The number of fused-ring (bicyclic) bond motifs is 6. The Morgan fingerprint density at radius 2 is 1.67 bits per heavy atom. The average molecular weight is 806 g/mol. The lowest BCUT2D eigenvalue weighted by Gasteiger charge is -2.67. The lowest BCUT2D eigenvalue weighted by Crippen LogP contribution is -2.82. The van der Waals surface area contributed by atoms with Gasteiger partial charge in [0.05, 0.1) is 30.1 Å². The number of aliphatic hydroxyl groups excluding tert-OH is 2. The molecule has 57 heavy (non-hydrogen) atoms. The number of nitrogens with one attached hydrogen (secondary N) is 1. The van der Waals surface area contributed by atoms with Crippen LogP contribution in [0.3, 0.4) is 0 Å². The monoisotopic (exact) mass is 805 g/mol. The van der Waals surface area contributed by atoms with Gasteiger partial charge in [-0.3, -0.25) is 19.2 Å². The van der Waals surface area contributed by atoms with Crippen LogP contribution in [0, 0.1) is 22.7 Å². The fourth-order valence-electron chi connectivity index (χ4n) is 9.68. The fourth-order valence-corrected chi connectivity index (χ4v) is 9.68. The molecular formula is C41H59NO15. The minimum atomic E-state index is -2.31. The van der Waals surface area contributed by atoms with Crippen LogP contribution in [0.5, 0.6) is 0 Å². The fraction of sp³-hybridized carbons (Fsp3) is 0.756. The van der Waals surface area contributed by atoms with E-state index in [9.17, 15) is 39.3 Å². The van der Waals surface area contributed by atoms with Crippen molar-refractivity contribution in [3.05, 3.63) is 23.3 Å². The topological polar surface area (TPSA) is 231 Å². The highest BCUT2D eigenvalue weighted by molar-refractivity contribution is 5.95. The first-order valence-electron chi connectivity index (χ1n) is 19.7. The van der Waals surface area contributed by atoms with E-state index in [4.69, 9.17) is 28.4 Å². The van der Waals surface area contributed by atoms with Crippen molar-refractivity contribution in [2.75, 3.05) is 6.61 Å². The second-order valence-corrected chi connectivity index (χ2v) is 18.2. The van der Waals surface area contributed by atoms with Gasteiger partial charge in [0.25, 0.3) is 0 Å². The lowest BCUT2D eigenvalue weighted by molar-refractivity contribution is -0.347. The molecule has 16 nitrogen and oxygen atoms in total. The van der Waals surface area contributed by atoms with Crippen LogP contribution in [0.2, 0.25) is 0 Å². The number of ketones is 1. The molecule has 12 unspecified atom stereocenters. The summed E-state index contributed by atoms with van der Waals surface area (Å²) in [5.41, 5.74) is -8.29. The van der Waals surface area contributed by atoms with Crippen LogP contribution in [0.1, 0.15) is 108 Å². The van der Waals surface area contributed by atoms with Gasteiger partial charge in [0.1, 0.15) is 29.5 Å². The minimum Gasteiger partial charge on any atom is -0.459 e. The lowest BCUT2D eigenvalue weighted by atomic mass is 9.44. The predicted octanol–water partition coefficient (Wildman–Crippen LogP) is 2.91. The summed E-state index contributed by atoms with van der Waals surface area (Å²) in [6, 6.07) is -1.23. The maximum absolute atomic E-state index is 15.3. The molecule has 0 aromatic rings. The third-order valence-corrected chi connectivity index (χ3v) is 12.7. The van der Waals surface area contributed by atoms with Crippen molar-refractivity contribution in [2.45, 2.75) is 167 Å². The van der Waals surface area contributed by atoms with Gasteiger partial charge in [0.15, 0.2) is 23.6 Å². The van der Waals surface area contributed by atoms with Crippen LogP contribution in [-0.2, 0) is 52.4 Å². The summed E-state index contributed by atoms with van der Waals surface area (Å²) in [4.78, 5) is 82.1. The average Bonchev–Trinajstić information content (AvgIpc) is 3.07. The summed E-state index contributed by atoms with van der Waals surface area (Å²) < 4.78 is 35.4. The number of allylic oxidation sites excluding steroid dienone is 1. The Labute approximate surface area is 333 Å². The van der Waals surface area contributed by atoms with Gasteiger partial charge in [-0.1, -0.05) is 32.9 Å². The Morgan fingerprint density at radius 1 is 1.00 bits per heavy atom. The molecule has 1 saturated heterocycles. The van der Waals surface area contributed by atoms with Crippen molar-refractivity contribution in [3.8, 4) is 0 Å².